The molecule has 98 valence electrons. The molecule has 0 amide bonds. The summed E-state index contributed by atoms with van der Waals surface area (Å²) in [4.78, 5) is 12.1. The van der Waals surface area contributed by atoms with E-state index < -0.39 is 11.6 Å². The van der Waals surface area contributed by atoms with Crippen molar-refractivity contribution in [2.75, 3.05) is 0 Å². The van der Waals surface area contributed by atoms with Crippen molar-refractivity contribution in [3.63, 3.8) is 0 Å². The zero-order chi connectivity index (χ0) is 13.8. The third-order valence-corrected chi connectivity index (χ3v) is 3.02. The predicted octanol–water partition coefficient (Wildman–Crippen LogP) is 3.95. The van der Waals surface area contributed by atoms with E-state index in [0.717, 1.165) is 24.1 Å². The molecule has 0 radical (unpaired) electrons. The lowest BCUT2D eigenvalue weighted by Crippen LogP contribution is -2.06. The zero-order valence-corrected chi connectivity index (χ0v) is 10.6. The Hall–Kier alpha value is -2.03. The largest absolute Gasteiger partial charge is 0.294 e. The zero-order valence-electron chi connectivity index (χ0n) is 10.6. The molecule has 2 rings (SSSR count). The molecule has 0 saturated carbocycles. The van der Waals surface area contributed by atoms with Gasteiger partial charge in [-0.1, -0.05) is 31.2 Å². The summed E-state index contributed by atoms with van der Waals surface area (Å²) in [6.07, 6.45) is 0.783. The minimum absolute atomic E-state index is 0.0563. The van der Waals surface area contributed by atoms with E-state index in [1.54, 1.807) is 6.07 Å². The molecule has 0 fully saturated rings. The van der Waals surface area contributed by atoms with Crippen LogP contribution >= 0.6 is 0 Å². The van der Waals surface area contributed by atoms with Crippen LogP contribution in [0.5, 0.6) is 0 Å². The SMILES string of the molecule is CCc1cccc(C(=O)Cc2ccc(F)cc2F)c1. The van der Waals surface area contributed by atoms with Gasteiger partial charge in [0.2, 0.25) is 0 Å². The van der Waals surface area contributed by atoms with Gasteiger partial charge in [-0.05, 0) is 29.7 Å². The normalized spacial score (nSPS) is 10.5. The Bertz CT molecular complexity index is 605. The van der Waals surface area contributed by atoms with Crippen molar-refractivity contribution in [2.45, 2.75) is 19.8 Å². The van der Waals surface area contributed by atoms with Gasteiger partial charge in [-0.25, -0.2) is 8.78 Å². The van der Waals surface area contributed by atoms with E-state index in [1.807, 2.05) is 25.1 Å². The number of halogens is 2. The Kier molecular flexibility index (Phi) is 4.05. The van der Waals surface area contributed by atoms with Crippen molar-refractivity contribution >= 4 is 5.78 Å². The lowest BCUT2D eigenvalue weighted by atomic mass is 10.0. The number of ketones is 1. The third kappa shape index (κ3) is 3.25. The van der Waals surface area contributed by atoms with Crippen molar-refractivity contribution < 1.29 is 13.6 Å². The lowest BCUT2D eigenvalue weighted by molar-refractivity contribution is 0.0991. The van der Waals surface area contributed by atoms with Gasteiger partial charge in [-0.3, -0.25) is 4.79 Å². The smallest absolute Gasteiger partial charge is 0.167 e. The second kappa shape index (κ2) is 5.74. The topological polar surface area (TPSA) is 17.1 Å². The standard InChI is InChI=1S/C16H14F2O/c1-2-11-4-3-5-13(8-11)16(19)9-12-6-7-14(17)10-15(12)18/h3-8,10H,2,9H2,1H3. The van der Waals surface area contributed by atoms with Crippen molar-refractivity contribution in [1.82, 2.24) is 0 Å². The predicted molar refractivity (Wildman–Crippen MR) is 70.2 cm³/mol. The number of hydrogen-bond acceptors (Lipinski definition) is 1. The molecule has 3 heteroatoms. The number of Topliss-reactive ketones (excluding diaryl/α,β-unsaturated/α-hetero) is 1. The highest BCUT2D eigenvalue weighted by Gasteiger charge is 2.11. The summed E-state index contributed by atoms with van der Waals surface area (Å²) in [5, 5.41) is 0. The molecule has 0 aliphatic heterocycles. The maximum absolute atomic E-state index is 13.5. The maximum Gasteiger partial charge on any atom is 0.167 e. The highest BCUT2D eigenvalue weighted by atomic mass is 19.1. The second-order valence-electron chi connectivity index (χ2n) is 4.39. The van der Waals surface area contributed by atoms with Crippen molar-refractivity contribution in [2.24, 2.45) is 0 Å². The van der Waals surface area contributed by atoms with Crippen LogP contribution in [0.3, 0.4) is 0 Å². The Labute approximate surface area is 110 Å². The van der Waals surface area contributed by atoms with Crippen LogP contribution in [0.1, 0.15) is 28.4 Å². The van der Waals surface area contributed by atoms with Crippen LogP contribution in [0.2, 0.25) is 0 Å². The summed E-state index contributed by atoms with van der Waals surface area (Å²) in [6.45, 7) is 2.00. The summed E-state index contributed by atoms with van der Waals surface area (Å²) in [5.41, 5.74) is 1.84. The number of aryl methyl sites for hydroxylation is 1. The average Bonchev–Trinajstić information content (AvgIpc) is 2.42. The third-order valence-electron chi connectivity index (χ3n) is 3.02. The van der Waals surface area contributed by atoms with Crippen molar-refractivity contribution in [3.8, 4) is 0 Å². The molecule has 0 N–H and O–H groups in total. The number of hydrogen-bond donors (Lipinski definition) is 0. The van der Waals surface area contributed by atoms with Gasteiger partial charge < -0.3 is 0 Å². The molecule has 0 aliphatic carbocycles. The molecule has 0 aliphatic rings. The number of rotatable bonds is 4. The minimum atomic E-state index is -0.681. The van der Waals surface area contributed by atoms with E-state index in [2.05, 4.69) is 0 Å². The molecular formula is C16H14F2O. The maximum atomic E-state index is 13.5. The van der Waals surface area contributed by atoms with Gasteiger partial charge in [0.05, 0.1) is 0 Å². The van der Waals surface area contributed by atoms with Gasteiger partial charge in [-0.15, -0.1) is 0 Å². The van der Waals surface area contributed by atoms with E-state index in [1.165, 1.54) is 6.07 Å². The first-order valence-corrected chi connectivity index (χ1v) is 6.16. The fraction of sp³-hybridized carbons (Fsp3) is 0.188. The molecular weight excluding hydrogens is 246 g/mol. The fourth-order valence-corrected chi connectivity index (χ4v) is 1.90. The Morgan fingerprint density at radius 1 is 1.11 bits per heavy atom. The van der Waals surface area contributed by atoms with E-state index in [9.17, 15) is 13.6 Å². The quantitative estimate of drug-likeness (QED) is 0.761. The molecule has 0 aromatic heterocycles. The second-order valence-corrected chi connectivity index (χ2v) is 4.39. The molecule has 0 saturated heterocycles. The van der Waals surface area contributed by atoms with E-state index >= 15 is 0 Å². The summed E-state index contributed by atoms with van der Waals surface area (Å²) in [6, 6.07) is 10.5. The molecule has 1 nitrogen and oxygen atoms in total. The number of benzene rings is 2. The van der Waals surface area contributed by atoms with Crippen LogP contribution in [0.25, 0.3) is 0 Å². The molecule has 0 bridgehead atoms. The van der Waals surface area contributed by atoms with Gasteiger partial charge >= 0.3 is 0 Å². The van der Waals surface area contributed by atoms with Gasteiger partial charge in [-0.2, -0.15) is 0 Å². The van der Waals surface area contributed by atoms with Gasteiger partial charge in [0.25, 0.3) is 0 Å². The Balaban J connectivity index is 2.20. The number of carbonyl (C=O) groups is 1. The van der Waals surface area contributed by atoms with Crippen LogP contribution in [0.4, 0.5) is 8.78 Å². The van der Waals surface area contributed by atoms with Gasteiger partial charge in [0, 0.05) is 18.1 Å². The number of carbonyl (C=O) groups excluding carboxylic acids is 1. The Morgan fingerprint density at radius 3 is 2.58 bits per heavy atom. The average molecular weight is 260 g/mol. The summed E-state index contributed by atoms with van der Waals surface area (Å²) >= 11 is 0. The lowest BCUT2D eigenvalue weighted by Gasteiger charge is -2.05. The van der Waals surface area contributed by atoms with Crippen LogP contribution in [-0.2, 0) is 12.8 Å². The first-order valence-electron chi connectivity index (χ1n) is 6.16. The highest BCUT2D eigenvalue weighted by Crippen LogP contribution is 2.14. The highest BCUT2D eigenvalue weighted by molar-refractivity contribution is 5.97. The molecule has 2 aromatic carbocycles. The molecule has 0 atom stereocenters. The van der Waals surface area contributed by atoms with E-state index in [0.29, 0.717) is 5.56 Å². The summed E-state index contributed by atoms with van der Waals surface area (Å²) in [7, 11) is 0. The molecule has 2 aromatic rings. The first-order chi connectivity index (χ1) is 9.10. The van der Waals surface area contributed by atoms with Crippen LogP contribution in [0.15, 0.2) is 42.5 Å². The van der Waals surface area contributed by atoms with E-state index in [4.69, 9.17) is 0 Å². The molecule has 0 unspecified atom stereocenters. The van der Waals surface area contributed by atoms with Gasteiger partial charge in [0.15, 0.2) is 5.78 Å². The molecule has 0 spiro atoms. The van der Waals surface area contributed by atoms with Crippen molar-refractivity contribution in [1.29, 1.82) is 0 Å². The summed E-state index contributed by atoms with van der Waals surface area (Å²) in [5.74, 6) is -1.48. The first kappa shape index (κ1) is 13.4. The fourth-order valence-electron chi connectivity index (χ4n) is 1.90. The molecule has 0 heterocycles. The van der Waals surface area contributed by atoms with Gasteiger partial charge in [0.1, 0.15) is 11.6 Å². The van der Waals surface area contributed by atoms with Crippen LogP contribution in [-0.4, -0.2) is 5.78 Å². The Morgan fingerprint density at radius 2 is 1.89 bits per heavy atom. The molecule has 19 heavy (non-hydrogen) atoms. The monoisotopic (exact) mass is 260 g/mol. The van der Waals surface area contributed by atoms with Crippen LogP contribution < -0.4 is 0 Å². The van der Waals surface area contributed by atoms with E-state index in [-0.39, 0.29) is 17.8 Å². The minimum Gasteiger partial charge on any atom is -0.294 e. The van der Waals surface area contributed by atoms with Crippen LogP contribution in [0, 0.1) is 11.6 Å². The summed E-state index contributed by atoms with van der Waals surface area (Å²) < 4.78 is 26.3. The van der Waals surface area contributed by atoms with Crippen molar-refractivity contribution in [3.05, 3.63) is 70.8 Å².